The average molecular weight is 317 g/mol. The number of aromatic nitrogens is 2. The van der Waals surface area contributed by atoms with Crippen LogP contribution in [-0.4, -0.2) is 40.1 Å². The molecule has 114 valence electrons. The number of alkyl halides is 2. The van der Waals surface area contributed by atoms with E-state index in [0.29, 0.717) is 24.3 Å². The van der Waals surface area contributed by atoms with Crippen LogP contribution in [0.3, 0.4) is 0 Å². The normalized spacial score (nSPS) is 37.7. The predicted octanol–water partition coefficient (Wildman–Crippen LogP) is 1.24. The van der Waals surface area contributed by atoms with Crippen molar-refractivity contribution in [3.05, 3.63) is 11.7 Å². The van der Waals surface area contributed by atoms with Gasteiger partial charge in [0.15, 0.2) is 0 Å². The van der Waals surface area contributed by atoms with Crippen LogP contribution in [0.25, 0.3) is 0 Å². The van der Waals surface area contributed by atoms with E-state index in [2.05, 4.69) is 15.5 Å². The summed E-state index contributed by atoms with van der Waals surface area (Å²) >= 11 is 1.44. The number of rotatable bonds is 2. The van der Waals surface area contributed by atoms with Crippen molar-refractivity contribution in [2.75, 3.05) is 18.1 Å². The molecule has 0 radical (unpaired) electrons. The molecule has 2 unspecified atom stereocenters. The summed E-state index contributed by atoms with van der Waals surface area (Å²) in [7, 11) is 0. The third-order valence-electron chi connectivity index (χ3n) is 4.23. The van der Waals surface area contributed by atoms with E-state index in [1.807, 2.05) is 0 Å². The summed E-state index contributed by atoms with van der Waals surface area (Å²) in [6.07, 6.45) is 1.01. The van der Waals surface area contributed by atoms with Crippen molar-refractivity contribution in [2.24, 2.45) is 5.92 Å². The van der Waals surface area contributed by atoms with E-state index in [0.717, 1.165) is 0 Å². The first-order valence-electron chi connectivity index (χ1n) is 6.78. The number of amides is 1. The smallest absolute Gasteiger partial charge is 0.290 e. The second-order valence-corrected chi connectivity index (χ2v) is 6.52. The fraction of sp³-hybridized carbons (Fsp3) is 0.750. The molecule has 9 heteroatoms. The van der Waals surface area contributed by atoms with Gasteiger partial charge in [-0.3, -0.25) is 4.79 Å². The van der Waals surface area contributed by atoms with Gasteiger partial charge < -0.3 is 14.6 Å². The average Bonchev–Trinajstić information content (AvgIpc) is 2.82. The Kier molecular flexibility index (Phi) is 2.81. The lowest BCUT2D eigenvalue weighted by Crippen LogP contribution is -2.36. The molecular formula is C12H13F2N3O3S. The van der Waals surface area contributed by atoms with Crippen molar-refractivity contribution in [3.63, 3.8) is 0 Å². The molecule has 21 heavy (non-hydrogen) atoms. The number of thioether (sulfide) groups is 1. The van der Waals surface area contributed by atoms with E-state index in [1.165, 1.54) is 11.8 Å². The highest BCUT2D eigenvalue weighted by Crippen LogP contribution is 2.69. The van der Waals surface area contributed by atoms with Gasteiger partial charge in [0.2, 0.25) is 23.2 Å². The molecule has 1 N–H and O–H groups in total. The minimum atomic E-state index is -2.95. The van der Waals surface area contributed by atoms with E-state index in [-0.39, 0.29) is 24.2 Å². The fourth-order valence-corrected chi connectivity index (χ4v) is 3.98. The van der Waals surface area contributed by atoms with Crippen LogP contribution in [0.4, 0.5) is 8.78 Å². The SMILES string of the molecule is O=C1CSC[C@@H](c2nc(C34OCCCC3C4(F)F)no2)N1. The number of nitrogens with one attached hydrogen (secondary N) is 1. The summed E-state index contributed by atoms with van der Waals surface area (Å²) in [4.78, 5) is 15.5. The zero-order valence-electron chi connectivity index (χ0n) is 11.0. The van der Waals surface area contributed by atoms with Crippen molar-refractivity contribution in [3.8, 4) is 0 Å². The van der Waals surface area contributed by atoms with Gasteiger partial charge in [0.05, 0.1) is 11.7 Å². The summed E-state index contributed by atoms with van der Waals surface area (Å²) in [6, 6.07) is -0.427. The van der Waals surface area contributed by atoms with E-state index in [9.17, 15) is 13.6 Å². The second-order valence-electron chi connectivity index (χ2n) is 5.49. The van der Waals surface area contributed by atoms with Crippen LogP contribution in [0.1, 0.15) is 30.6 Å². The van der Waals surface area contributed by atoms with Crippen LogP contribution in [0.15, 0.2) is 4.52 Å². The van der Waals surface area contributed by atoms with E-state index in [1.54, 1.807) is 0 Å². The van der Waals surface area contributed by atoms with Crippen molar-refractivity contribution >= 4 is 17.7 Å². The molecule has 1 aromatic heterocycles. The first kappa shape index (κ1) is 13.4. The number of nitrogens with zero attached hydrogens (tertiary/aromatic N) is 2. The van der Waals surface area contributed by atoms with Crippen LogP contribution in [-0.2, 0) is 15.1 Å². The van der Waals surface area contributed by atoms with E-state index >= 15 is 0 Å². The van der Waals surface area contributed by atoms with Crippen LogP contribution >= 0.6 is 11.8 Å². The van der Waals surface area contributed by atoms with Gasteiger partial charge in [0.25, 0.3) is 5.92 Å². The number of carbonyl (C=O) groups excluding carboxylic acids is 1. The van der Waals surface area contributed by atoms with Gasteiger partial charge in [-0.25, -0.2) is 8.78 Å². The maximum Gasteiger partial charge on any atom is 0.290 e. The predicted molar refractivity (Wildman–Crippen MR) is 67.8 cm³/mol. The van der Waals surface area contributed by atoms with Crippen LogP contribution < -0.4 is 5.32 Å². The lowest BCUT2D eigenvalue weighted by molar-refractivity contribution is -0.119. The number of hydrogen-bond acceptors (Lipinski definition) is 6. The van der Waals surface area contributed by atoms with Gasteiger partial charge in [-0.15, -0.1) is 11.8 Å². The highest BCUT2D eigenvalue weighted by atomic mass is 32.2. The fourth-order valence-electron chi connectivity index (χ4n) is 3.13. The van der Waals surface area contributed by atoms with Crippen molar-refractivity contribution in [1.82, 2.24) is 15.5 Å². The van der Waals surface area contributed by atoms with Gasteiger partial charge in [-0.05, 0) is 12.8 Å². The highest BCUT2D eigenvalue weighted by molar-refractivity contribution is 8.00. The maximum absolute atomic E-state index is 14.0. The molecule has 3 aliphatic rings. The second kappa shape index (κ2) is 4.39. The third-order valence-corrected chi connectivity index (χ3v) is 5.27. The molecule has 6 nitrogen and oxygen atoms in total. The molecule has 3 heterocycles. The summed E-state index contributed by atoms with van der Waals surface area (Å²) in [6.45, 7) is 0.270. The number of fused-ring (bicyclic) bond motifs is 1. The molecule has 2 aliphatic heterocycles. The molecule has 1 amide bonds. The number of carbonyl (C=O) groups is 1. The Morgan fingerprint density at radius 2 is 2.29 bits per heavy atom. The molecule has 1 aliphatic carbocycles. The number of hydrogen-bond donors (Lipinski definition) is 1. The topological polar surface area (TPSA) is 77.2 Å². The van der Waals surface area contributed by atoms with Crippen LogP contribution in [0.5, 0.6) is 0 Å². The van der Waals surface area contributed by atoms with Crippen molar-refractivity contribution in [2.45, 2.75) is 30.4 Å². The molecule has 3 fully saturated rings. The molecule has 1 aromatic rings. The molecule has 2 saturated heterocycles. The number of ether oxygens (including phenoxy) is 1. The van der Waals surface area contributed by atoms with Crippen molar-refractivity contribution in [1.29, 1.82) is 0 Å². The monoisotopic (exact) mass is 317 g/mol. The Hall–Kier alpha value is -1.22. The quantitative estimate of drug-likeness (QED) is 0.884. The maximum atomic E-state index is 14.0. The summed E-state index contributed by atoms with van der Waals surface area (Å²) in [5.74, 6) is -2.93. The molecule has 0 aromatic carbocycles. The van der Waals surface area contributed by atoms with Gasteiger partial charge in [-0.2, -0.15) is 4.98 Å². The minimum absolute atomic E-state index is 0.1000. The Morgan fingerprint density at radius 1 is 1.43 bits per heavy atom. The Balaban J connectivity index is 1.61. The standard InChI is InChI=1S/C12H13F2N3O3S/c13-12(14)7-2-1-3-19-11(7,12)10-16-9(20-17-10)6-4-21-5-8(18)15-6/h6-7H,1-5H2,(H,15,18)/t6-,7?,11?/m0/s1. The largest absolute Gasteiger partial charge is 0.360 e. The zero-order valence-corrected chi connectivity index (χ0v) is 11.8. The third kappa shape index (κ3) is 1.76. The first-order valence-corrected chi connectivity index (χ1v) is 7.94. The van der Waals surface area contributed by atoms with E-state index < -0.39 is 23.5 Å². The van der Waals surface area contributed by atoms with Gasteiger partial charge in [-0.1, -0.05) is 5.16 Å². The molecule has 4 rings (SSSR count). The van der Waals surface area contributed by atoms with Crippen molar-refractivity contribution < 1.29 is 22.8 Å². The highest BCUT2D eigenvalue weighted by Gasteiger charge is 2.85. The van der Waals surface area contributed by atoms with Gasteiger partial charge in [0, 0.05) is 12.4 Å². The minimum Gasteiger partial charge on any atom is -0.360 e. The zero-order chi connectivity index (χ0) is 14.7. The summed E-state index contributed by atoms with van der Waals surface area (Å²) in [5, 5.41) is 6.41. The molecule has 1 saturated carbocycles. The Bertz CT molecular complexity index is 596. The molecule has 0 bridgehead atoms. The summed E-state index contributed by atoms with van der Waals surface area (Å²) < 4.78 is 38.5. The lowest BCUT2D eigenvalue weighted by Gasteiger charge is -2.19. The molecule has 0 spiro atoms. The molecular weight excluding hydrogens is 304 g/mol. The first-order chi connectivity index (χ1) is 10.1. The van der Waals surface area contributed by atoms with Crippen LogP contribution in [0.2, 0.25) is 0 Å². The van der Waals surface area contributed by atoms with Gasteiger partial charge in [0.1, 0.15) is 6.04 Å². The summed E-state index contributed by atoms with van der Waals surface area (Å²) in [5.41, 5.74) is -1.72. The lowest BCUT2D eigenvalue weighted by atomic mass is 10.1. The Morgan fingerprint density at radius 3 is 3.05 bits per heavy atom. The van der Waals surface area contributed by atoms with Gasteiger partial charge >= 0.3 is 0 Å². The Labute approximate surface area is 123 Å². The van der Waals surface area contributed by atoms with Crippen LogP contribution in [0, 0.1) is 5.92 Å². The molecule has 3 atom stereocenters. The van der Waals surface area contributed by atoms with E-state index in [4.69, 9.17) is 9.26 Å². The number of halogens is 2.